The highest BCUT2D eigenvalue weighted by molar-refractivity contribution is 7.16. The van der Waals surface area contributed by atoms with Crippen LogP contribution < -0.4 is 5.32 Å². The van der Waals surface area contributed by atoms with Gasteiger partial charge in [0.2, 0.25) is 5.91 Å². The Kier molecular flexibility index (Phi) is 4.22. The first-order valence-corrected chi connectivity index (χ1v) is 8.38. The molecule has 1 N–H and O–H groups in total. The van der Waals surface area contributed by atoms with Gasteiger partial charge in [-0.3, -0.25) is 4.79 Å². The van der Waals surface area contributed by atoms with E-state index in [1.54, 1.807) is 0 Å². The number of hydrogen-bond acceptors (Lipinski definition) is 4. The van der Waals surface area contributed by atoms with Crippen molar-refractivity contribution in [2.75, 3.05) is 12.4 Å². The van der Waals surface area contributed by atoms with E-state index in [0.717, 1.165) is 16.9 Å². The van der Waals surface area contributed by atoms with Gasteiger partial charge in [-0.1, -0.05) is 30.3 Å². The molecular weight excluding hydrogens is 310 g/mol. The average Bonchev–Trinajstić information content (AvgIpc) is 3.31. The first-order chi connectivity index (χ1) is 11.0. The van der Waals surface area contributed by atoms with E-state index in [1.807, 2.05) is 32.0 Å². The minimum absolute atomic E-state index is 0.0226. The van der Waals surface area contributed by atoms with Crippen LogP contribution in [0.2, 0.25) is 0 Å². The number of amides is 1. The Balaban J connectivity index is 1.75. The van der Waals surface area contributed by atoms with Gasteiger partial charge >= 0.3 is 5.97 Å². The van der Waals surface area contributed by atoms with Crippen molar-refractivity contribution < 1.29 is 14.3 Å². The summed E-state index contributed by atoms with van der Waals surface area (Å²) < 4.78 is 4.84. The Morgan fingerprint density at radius 2 is 1.91 bits per heavy atom. The highest BCUT2D eigenvalue weighted by Gasteiger charge is 2.44. The summed E-state index contributed by atoms with van der Waals surface area (Å²) in [6.07, 6.45) is 0.854. The lowest BCUT2D eigenvalue weighted by Gasteiger charge is -2.06. The normalized spacial score (nSPS) is 19.3. The number of carbonyl (C=O) groups excluding carboxylic acids is 2. The minimum Gasteiger partial charge on any atom is -0.465 e. The van der Waals surface area contributed by atoms with Crippen molar-refractivity contribution in [2.24, 2.45) is 5.92 Å². The molecule has 3 rings (SSSR count). The number of rotatable bonds is 4. The van der Waals surface area contributed by atoms with Gasteiger partial charge in [0.05, 0.1) is 12.7 Å². The molecular formula is C18H19NO3S. The molecule has 1 saturated carbocycles. The Morgan fingerprint density at radius 1 is 1.22 bits per heavy atom. The summed E-state index contributed by atoms with van der Waals surface area (Å²) in [6.45, 7) is 3.81. The molecule has 1 amide bonds. The summed E-state index contributed by atoms with van der Waals surface area (Å²) in [5.41, 5.74) is 2.53. The highest BCUT2D eigenvalue weighted by atomic mass is 32.1. The highest BCUT2D eigenvalue weighted by Crippen LogP contribution is 2.48. The Labute approximate surface area is 139 Å². The van der Waals surface area contributed by atoms with Crippen molar-refractivity contribution in [3.63, 3.8) is 0 Å². The topological polar surface area (TPSA) is 55.4 Å². The molecule has 1 fully saturated rings. The fourth-order valence-electron chi connectivity index (χ4n) is 2.82. The molecule has 1 aromatic carbocycles. The smallest absolute Gasteiger partial charge is 0.341 e. The van der Waals surface area contributed by atoms with Crippen molar-refractivity contribution >= 4 is 28.2 Å². The van der Waals surface area contributed by atoms with Crippen molar-refractivity contribution in [1.29, 1.82) is 0 Å². The van der Waals surface area contributed by atoms with Crippen molar-refractivity contribution in [3.8, 4) is 0 Å². The number of hydrogen-bond donors (Lipinski definition) is 1. The van der Waals surface area contributed by atoms with Crippen LogP contribution in [0.3, 0.4) is 0 Å². The second-order valence-corrected chi connectivity index (χ2v) is 7.05. The van der Waals surface area contributed by atoms with Crippen molar-refractivity contribution in [3.05, 3.63) is 51.9 Å². The zero-order chi connectivity index (χ0) is 16.6. The quantitative estimate of drug-likeness (QED) is 0.866. The van der Waals surface area contributed by atoms with Crippen LogP contribution in [0.4, 0.5) is 5.00 Å². The van der Waals surface area contributed by atoms with E-state index < -0.39 is 5.97 Å². The summed E-state index contributed by atoms with van der Waals surface area (Å²) in [5, 5.41) is 3.52. The zero-order valence-corrected chi connectivity index (χ0v) is 14.2. The van der Waals surface area contributed by atoms with Crippen LogP contribution in [0.25, 0.3) is 0 Å². The standard InChI is InChI=1S/C18H19NO3S/c1-10-11(2)23-17(15(10)18(21)22-3)19-16(20)14-9-13(14)12-7-5-4-6-8-12/h4-8,13-14H,9H2,1-3H3,(H,19,20)/t13-,14-/m0/s1. The number of aryl methyl sites for hydroxylation is 1. The Hall–Kier alpha value is -2.14. The summed E-state index contributed by atoms with van der Waals surface area (Å²) >= 11 is 1.42. The van der Waals surface area contributed by atoms with Crippen LogP contribution in [0.5, 0.6) is 0 Å². The van der Waals surface area contributed by atoms with Gasteiger partial charge in [-0.2, -0.15) is 0 Å². The number of ether oxygens (including phenoxy) is 1. The third-order valence-electron chi connectivity index (χ3n) is 4.37. The number of carbonyl (C=O) groups is 2. The lowest BCUT2D eigenvalue weighted by atomic mass is 10.1. The summed E-state index contributed by atoms with van der Waals surface area (Å²) in [7, 11) is 1.35. The molecule has 5 heteroatoms. The molecule has 1 aliphatic carbocycles. The molecule has 2 atom stereocenters. The summed E-state index contributed by atoms with van der Waals surface area (Å²) in [4.78, 5) is 25.5. The molecule has 0 unspecified atom stereocenters. The van der Waals surface area contributed by atoms with Crippen LogP contribution in [0.1, 0.15) is 38.7 Å². The van der Waals surface area contributed by atoms with E-state index in [4.69, 9.17) is 4.74 Å². The fraction of sp³-hybridized carbons (Fsp3) is 0.333. The first-order valence-electron chi connectivity index (χ1n) is 7.57. The molecule has 23 heavy (non-hydrogen) atoms. The number of methoxy groups -OCH3 is 1. The maximum atomic E-state index is 12.5. The number of nitrogens with one attached hydrogen (secondary N) is 1. The second-order valence-electron chi connectivity index (χ2n) is 5.83. The SMILES string of the molecule is COC(=O)c1c(NC(=O)[C@H]2C[C@H]2c2ccccc2)sc(C)c1C. The van der Waals surface area contributed by atoms with Crippen molar-refractivity contribution in [1.82, 2.24) is 0 Å². The lowest BCUT2D eigenvalue weighted by Crippen LogP contribution is -2.16. The Bertz CT molecular complexity index is 751. The zero-order valence-electron chi connectivity index (χ0n) is 13.4. The number of benzene rings is 1. The largest absolute Gasteiger partial charge is 0.465 e. The molecule has 120 valence electrons. The number of esters is 1. The van der Waals surface area contributed by atoms with Gasteiger partial charge < -0.3 is 10.1 Å². The van der Waals surface area contributed by atoms with E-state index in [-0.39, 0.29) is 17.7 Å². The lowest BCUT2D eigenvalue weighted by molar-refractivity contribution is -0.117. The molecule has 1 aromatic heterocycles. The monoisotopic (exact) mass is 329 g/mol. The van der Waals surface area contributed by atoms with E-state index in [0.29, 0.717) is 10.6 Å². The van der Waals surface area contributed by atoms with Crippen LogP contribution in [-0.2, 0) is 9.53 Å². The van der Waals surface area contributed by atoms with Gasteiger partial charge in [-0.15, -0.1) is 11.3 Å². The van der Waals surface area contributed by atoms with Crippen LogP contribution >= 0.6 is 11.3 Å². The van der Waals surface area contributed by atoms with Gasteiger partial charge in [0.15, 0.2) is 0 Å². The van der Waals surface area contributed by atoms with Crippen LogP contribution in [0.15, 0.2) is 30.3 Å². The molecule has 0 spiro atoms. The van der Waals surface area contributed by atoms with Gasteiger partial charge in [0.1, 0.15) is 5.00 Å². The van der Waals surface area contributed by atoms with Crippen LogP contribution in [-0.4, -0.2) is 19.0 Å². The average molecular weight is 329 g/mol. The third kappa shape index (κ3) is 3.01. The molecule has 4 nitrogen and oxygen atoms in total. The van der Waals surface area contributed by atoms with Gasteiger partial charge in [-0.25, -0.2) is 4.79 Å². The van der Waals surface area contributed by atoms with E-state index in [2.05, 4.69) is 17.4 Å². The molecule has 1 heterocycles. The van der Waals surface area contributed by atoms with E-state index >= 15 is 0 Å². The van der Waals surface area contributed by atoms with Gasteiger partial charge in [0.25, 0.3) is 0 Å². The molecule has 0 bridgehead atoms. The molecule has 0 radical (unpaired) electrons. The van der Waals surface area contributed by atoms with E-state index in [1.165, 1.54) is 24.0 Å². The summed E-state index contributed by atoms with van der Waals surface area (Å²) in [5.74, 6) is -0.173. The fourth-order valence-corrected chi connectivity index (χ4v) is 3.87. The molecule has 2 aromatic rings. The first kappa shape index (κ1) is 15.7. The number of anilines is 1. The molecule has 1 aliphatic rings. The molecule has 0 saturated heterocycles. The predicted octanol–water partition coefficient (Wildman–Crippen LogP) is 3.89. The van der Waals surface area contributed by atoms with Crippen molar-refractivity contribution in [2.45, 2.75) is 26.2 Å². The maximum Gasteiger partial charge on any atom is 0.341 e. The third-order valence-corrected chi connectivity index (χ3v) is 5.49. The molecule has 0 aliphatic heterocycles. The van der Waals surface area contributed by atoms with Gasteiger partial charge in [0, 0.05) is 10.8 Å². The second kappa shape index (κ2) is 6.16. The van der Waals surface area contributed by atoms with Crippen LogP contribution in [0, 0.1) is 19.8 Å². The van der Waals surface area contributed by atoms with Gasteiger partial charge in [-0.05, 0) is 37.3 Å². The van der Waals surface area contributed by atoms with E-state index in [9.17, 15) is 9.59 Å². The minimum atomic E-state index is -0.405. The maximum absolute atomic E-state index is 12.5. The Morgan fingerprint density at radius 3 is 2.57 bits per heavy atom. The summed E-state index contributed by atoms with van der Waals surface area (Å²) in [6, 6.07) is 10.1. The number of thiophene rings is 1. The predicted molar refractivity (Wildman–Crippen MR) is 91.1 cm³/mol.